The van der Waals surface area contributed by atoms with E-state index in [0.717, 1.165) is 0 Å². The Morgan fingerprint density at radius 3 is 2.96 bits per heavy atom. The number of hydrogen-bond acceptors (Lipinski definition) is 9. The number of H-pyrrole nitrogens is 1. The SMILES string of the molecule is COC(=O)[C@H](C)NP1(=O)OC[C@H]2O[C@@H](n3ccc(=O)[nH]c3=S)C(C)(O)[C@H]2O1. The van der Waals surface area contributed by atoms with Gasteiger partial charge in [-0.05, 0) is 26.1 Å². The monoisotopic (exact) mass is 421 g/mol. The van der Waals surface area contributed by atoms with Gasteiger partial charge in [-0.15, -0.1) is 0 Å². The van der Waals surface area contributed by atoms with E-state index in [1.165, 1.54) is 37.8 Å². The van der Waals surface area contributed by atoms with Gasteiger partial charge in [0.15, 0.2) is 11.0 Å². The van der Waals surface area contributed by atoms with Gasteiger partial charge in [0, 0.05) is 12.3 Å². The molecule has 1 aromatic heterocycles. The number of carbonyl (C=O) groups is 1. The van der Waals surface area contributed by atoms with Crippen molar-refractivity contribution in [2.45, 2.75) is 43.9 Å². The fourth-order valence-corrected chi connectivity index (χ4v) is 5.06. The minimum Gasteiger partial charge on any atom is -0.468 e. The van der Waals surface area contributed by atoms with Gasteiger partial charge >= 0.3 is 13.7 Å². The predicted molar refractivity (Wildman–Crippen MR) is 93.5 cm³/mol. The number of nitrogens with zero attached hydrogens (tertiary/aromatic N) is 1. The average molecular weight is 421 g/mol. The van der Waals surface area contributed by atoms with E-state index >= 15 is 0 Å². The third-order valence-corrected chi connectivity index (χ3v) is 6.40. The number of aromatic nitrogens is 2. The van der Waals surface area contributed by atoms with Crippen molar-refractivity contribution in [1.29, 1.82) is 0 Å². The van der Waals surface area contributed by atoms with E-state index in [4.69, 9.17) is 26.0 Å². The second-order valence-electron chi connectivity index (χ2n) is 6.46. The maximum absolute atomic E-state index is 12.8. The molecule has 2 saturated heterocycles. The van der Waals surface area contributed by atoms with Crippen LogP contribution in [-0.4, -0.2) is 58.2 Å². The standard InChI is InChI=1S/C14H20N3O8PS/c1-7(11(19)22-3)16-26(21)23-6-8-10(25-26)14(2,20)12(24-8)17-5-4-9(18)15-13(17)27/h4-5,7-8,10,12,20H,6H2,1-3H3,(H,16,21)(H,15,18,27)/t7-,8+,10-,12+,14?,26?/m0/s1. The van der Waals surface area contributed by atoms with Crippen molar-refractivity contribution in [1.82, 2.24) is 14.6 Å². The first kappa shape index (κ1) is 20.3. The number of hydrogen-bond donors (Lipinski definition) is 3. The van der Waals surface area contributed by atoms with E-state index in [2.05, 4.69) is 14.8 Å². The highest BCUT2D eigenvalue weighted by Gasteiger charge is 2.59. The first-order chi connectivity index (χ1) is 12.6. The summed E-state index contributed by atoms with van der Waals surface area (Å²) in [5.74, 6) is -0.647. The van der Waals surface area contributed by atoms with Crippen LogP contribution in [0, 0.1) is 4.77 Å². The molecule has 3 heterocycles. The fraction of sp³-hybridized carbons (Fsp3) is 0.643. The molecule has 0 amide bonds. The highest BCUT2D eigenvalue weighted by atomic mass is 32.1. The van der Waals surface area contributed by atoms with Crippen LogP contribution in [0.1, 0.15) is 20.1 Å². The number of aromatic amines is 1. The lowest BCUT2D eigenvalue weighted by atomic mass is 9.96. The van der Waals surface area contributed by atoms with Crippen LogP contribution in [0.5, 0.6) is 0 Å². The quantitative estimate of drug-likeness (QED) is 0.351. The molecule has 0 saturated carbocycles. The number of fused-ring (bicyclic) bond motifs is 1. The molecule has 3 N–H and O–H groups in total. The summed E-state index contributed by atoms with van der Waals surface area (Å²) < 4.78 is 35.4. The van der Waals surface area contributed by atoms with Gasteiger partial charge in [0.1, 0.15) is 23.9 Å². The maximum Gasteiger partial charge on any atom is 0.406 e. The molecule has 0 aromatic carbocycles. The Kier molecular flexibility index (Phi) is 5.43. The molecule has 3 rings (SSSR count). The summed E-state index contributed by atoms with van der Waals surface area (Å²) in [6, 6.07) is 0.285. The Labute approximate surface area is 159 Å². The lowest BCUT2D eigenvalue weighted by Crippen LogP contribution is -2.49. The molecule has 2 aliphatic rings. The van der Waals surface area contributed by atoms with Gasteiger partial charge in [0.05, 0.1) is 13.7 Å². The minimum atomic E-state index is -3.91. The molecule has 27 heavy (non-hydrogen) atoms. The smallest absolute Gasteiger partial charge is 0.406 e. The largest absolute Gasteiger partial charge is 0.468 e. The van der Waals surface area contributed by atoms with E-state index in [-0.39, 0.29) is 11.4 Å². The molecule has 2 aliphatic heterocycles. The summed E-state index contributed by atoms with van der Waals surface area (Å²) >= 11 is 5.11. The Morgan fingerprint density at radius 1 is 1.63 bits per heavy atom. The van der Waals surface area contributed by atoms with E-state index in [1.807, 2.05) is 0 Å². The second kappa shape index (κ2) is 7.21. The fourth-order valence-electron chi connectivity index (χ4n) is 3.04. The third kappa shape index (κ3) is 3.79. The normalized spacial score (nSPS) is 36.8. The van der Waals surface area contributed by atoms with Gasteiger partial charge in [-0.3, -0.25) is 28.2 Å². The van der Waals surface area contributed by atoms with Gasteiger partial charge < -0.3 is 14.6 Å². The molecule has 0 aliphatic carbocycles. The summed E-state index contributed by atoms with van der Waals surface area (Å²) in [6.45, 7) is 2.73. The molecule has 11 nitrogen and oxygen atoms in total. The first-order valence-corrected chi connectivity index (χ1v) is 10.0. The number of methoxy groups -OCH3 is 1. The summed E-state index contributed by atoms with van der Waals surface area (Å²) in [4.78, 5) is 25.4. The Balaban J connectivity index is 1.84. The van der Waals surface area contributed by atoms with Crippen LogP contribution in [-0.2, 0) is 27.9 Å². The molecule has 0 spiro atoms. The van der Waals surface area contributed by atoms with Crippen LogP contribution < -0.4 is 10.6 Å². The van der Waals surface area contributed by atoms with Crippen molar-refractivity contribution in [3.05, 3.63) is 27.4 Å². The molecule has 1 aromatic rings. The highest BCUT2D eigenvalue weighted by Crippen LogP contribution is 2.55. The molecule has 0 radical (unpaired) electrons. The topological polar surface area (TPSA) is 141 Å². The molecule has 2 unspecified atom stereocenters. The van der Waals surface area contributed by atoms with Crippen molar-refractivity contribution in [2.75, 3.05) is 13.7 Å². The average Bonchev–Trinajstić information content (AvgIpc) is 2.84. The van der Waals surface area contributed by atoms with E-state index < -0.39 is 49.4 Å². The lowest BCUT2D eigenvalue weighted by Gasteiger charge is -2.36. The number of ether oxygens (including phenoxy) is 2. The molecule has 13 heteroatoms. The van der Waals surface area contributed by atoms with Crippen molar-refractivity contribution in [2.24, 2.45) is 0 Å². The summed E-state index contributed by atoms with van der Waals surface area (Å²) in [6.07, 6.45) is -1.40. The number of aliphatic hydroxyl groups is 1. The first-order valence-electron chi connectivity index (χ1n) is 8.05. The van der Waals surface area contributed by atoms with Crippen LogP contribution in [0.3, 0.4) is 0 Å². The third-order valence-electron chi connectivity index (χ3n) is 4.39. The molecule has 0 bridgehead atoms. The van der Waals surface area contributed by atoms with Crippen LogP contribution in [0.2, 0.25) is 0 Å². The number of esters is 1. The second-order valence-corrected chi connectivity index (χ2v) is 8.57. The number of nitrogens with one attached hydrogen (secondary N) is 2. The van der Waals surface area contributed by atoms with Crippen LogP contribution in [0.25, 0.3) is 0 Å². The zero-order chi connectivity index (χ0) is 20.0. The van der Waals surface area contributed by atoms with Crippen LogP contribution in [0.4, 0.5) is 0 Å². The zero-order valence-corrected chi connectivity index (χ0v) is 16.5. The van der Waals surface area contributed by atoms with E-state index in [0.29, 0.717) is 0 Å². The van der Waals surface area contributed by atoms with Gasteiger partial charge in [0.2, 0.25) is 0 Å². The van der Waals surface area contributed by atoms with Crippen LogP contribution in [0.15, 0.2) is 17.1 Å². The minimum absolute atomic E-state index is 0.0490. The van der Waals surface area contributed by atoms with Gasteiger partial charge in [-0.2, -0.15) is 0 Å². The van der Waals surface area contributed by atoms with Gasteiger partial charge in [-0.1, -0.05) is 0 Å². The molecular formula is C14H20N3O8PS. The van der Waals surface area contributed by atoms with Crippen molar-refractivity contribution in [3.8, 4) is 0 Å². The Morgan fingerprint density at radius 2 is 2.33 bits per heavy atom. The zero-order valence-electron chi connectivity index (χ0n) is 14.8. The lowest BCUT2D eigenvalue weighted by molar-refractivity contribution is -0.142. The number of rotatable bonds is 4. The van der Waals surface area contributed by atoms with Crippen molar-refractivity contribution in [3.63, 3.8) is 0 Å². The molecule has 2 fully saturated rings. The molecule has 150 valence electrons. The molecular weight excluding hydrogens is 401 g/mol. The maximum atomic E-state index is 12.8. The Hall–Kier alpha value is -1.40. The predicted octanol–water partition coefficient (Wildman–Crippen LogP) is 0.229. The van der Waals surface area contributed by atoms with Gasteiger partial charge in [-0.25, -0.2) is 9.65 Å². The van der Waals surface area contributed by atoms with Gasteiger partial charge in [0.25, 0.3) is 5.56 Å². The summed E-state index contributed by atoms with van der Waals surface area (Å²) in [7, 11) is -2.71. The van der Waals surface area contributed by atoms with Crippen molar-refractivity contribution >= 4 is 25.9 Å². The van der Waals surface area contributed by atoms with Crippen LogP contribution >= 0.6 is 20.0 Å². The van der Waals surface area contributed by atoms with Crippen molar-refractivity contribution < 1.29 is 33.0 Å². The summed E-state index contributed by atoms with van der Waals surface area (Å²) in [5.41, 5.74) is -2.05. The van der Waals surface area contributed by atoms with E-state index in [9.17, 15) is 19.3 Å². The number of carbonyl (C=O) groups excluding carboxylic acids is 1. The Bertz CT molecular complexity index is 899. The molecule has 6 atom stereocenters. The highest BCUT2D eigenvalue weighted by molar-refractivity contribution is 7.71. The summed E-state index contributed by atoms with van der Waals surface area (Å²) in [5, 5.41) is 13.5. The van der Waals surface area contributed by atoms with E-state index in [1.54, 1.807) is 0 Å².